The number of nitrogens with one attached hydrogen (secondary N) is 1. The molecule has 0 aliphatic heterocycles. The average Bonchev–Trinajstić information content (AvgIpc) is 2.86. The van der Waals surface area contributed by atoms with Crippen molar-refractivity contribution >= 4 is 33.4 Å². The number of carboxylic acid groups (broad SMARTS) is 1. The predicted octanol–water partition coefficient (Wildman–Crippen LogP) is 2.13. The van der Waals surface area contributed by atoms with Crippen LogP contribution in [0.15, 0.2) is 29.1 Å². The van der Waals surface area contributed by atoms with Gasteiger partial charge in [-0.25, -0.2) is 9.78 Å². The second kappa shape index (κ2) is 6.49. The van der Waals surface area contributed by atoms with Gasteiger partial charge in [-0.3, -0.25) is 4.68 Å². The Labute approximate surface area is 123 Å². The highest BCUT2D eigenvalue weighted by Gasteiger charge is 2.13. The number of aromatic carboxylic acids is 1. The predicted molar refractivity (Wildman–Crippen MR) is 76.3 cm³/mol. The van der Waals surface area contributed by atoms with Gasteiger partial charge >= 0.3 is 5.97 Å². The van der Waals surface area contributed by atoms with Crippen molar-refractivity contribution in [3.8, 4) is 0 Å². The average molecular weight is 341 g/mol. The molecule has 2 heterocycles. The maximum Gasteiger partial charge on any atom is 0.339 e. The van der Waals surface area contributed by atoms with E-state index in [9.17, 15) is 4.79 Å². The zero-order valence-electron chi connectivity index (χ0n) is 10.7. The van der Waals surface area contributed by atoms with Crippen molar-refractivity contribution in [2.75, 3.05) is 19.0 Å². The van der Waals surface area contributed by atoms with Crippen molar-refractivity contribution in [2.24, 2.45) is 0 Å². The summed E-state index contributed by atoms with van der Waals surface area (Å²) in [5.41, 5.74) is 0.752. The minimum Gasteiger partial charge on any atom is -0.478 e. The molecule has 0 radical (unpaired) electrons. The molecule has 0 aromatic carbocycles. The summed E-state index contributed by atoms with van der Waals surface area (Å²) < 4.78 is 7.27. The number of pyridine rings is 1. The van der Waals surface area contributed by atoms with Crippen molar-refractivity contribution < 1.29 is 14.6 Å². The number of methoxy groups -OCH3 is 1. The maximum atomic E-state index is 11.2. The van der Waals surface area contributed by atoms with E-state index in [1.807, 2.05) is 0 Å². The topological polar surface area (TPSA) is 89.3 Å². The molecule has 8 heteroatoms. The fraction of sp³-hybridized carbons (Fsp3) is 0.250. The van der Waals surface area contributed by atoms with Crippen LogP contribution in [0.1, 0.15) is 10.4 Å². The van der Waals surface area contributed by atoms with Gasteiger partial charge in [0, 0.05) is 24.0 Å². The SMILES string of the molecule is COCCn1cc(Nc2ncc(Br)cc2C(=O)O)cn1. The Kier molecular flexibility index (Phi) is 4.70. The fourth-order valence-electron chi connectivity index (χ4n) is 1.57. The van der Waals surface area contributed by atoms with Crippen molar-refractivity contribution in [1.29, 1.82) is 0 Å². The van der Waals surface area contributed by atoms with Gasteiger partial charge in [0.1, 0.15) is 11.4 Å². The number of aromatic nitrogens is 3. The molecule has 0 atom stereocenters. The van der Waals surface area contributed by atoms with Gasteiger partial charge in [0.05, 0.1) is 25.0 Å². The largest absolute Gasteiger partial charge is 0.478 e. The first-order valence-corrected chi connectivity index (χ1v) is 6.56. The molecule has 2 N–H and O–H groups in total. The van der Waals surface area contributed by atoms with Crippen LogP contribution < -0.4 is 5.32 Å². The zero-order valence-corrected chi connectivity index (χ0v) is 12.3. The van der Waals surface area contributed by atoms with Gasteiger partial charge in [-0.2, -0.15) is 5.10 Å². The highest BCUT2D eigenvalue weighted by atomic mass is 79.9. The van der Waals surface area contributed by atoms with Crippen LogP contribution in [-0.4, -0.2) is 39.6 Å². The van der Waals surface area contributed by atoms with Gasteiger partial charge in [-0.05, 0) is 22.0 Å². The maximum absolute atomic E-state index is 11.2. The van der Waals surface area contributed by atoms with E-state index in [0.29, 0.717) is 23.3 Å². The molecule has 0 aliphatic carbocycles. The Morgan fingerprint density at radius 3 is 3.05 bits per heavy atom. The lowest BCUT2D eigenvalue weighted by molar-refractivity contribution is 0.0697. The van der Waals surface area contributed by atoms with Gasteiger partial charge in [0.25, 0.3) is 0 Å². The fourth-order valence-corrected chi connectivity index (χ4v) is 1.91. The lowest BCUT2D eigenvalue weighted by Gasteiger charge is -2.06. The molecule has 0 fully saturated rings. The molecular formula is C12H13BrN4O3. The van der Waals surface area contributed by atoms with Crippen LogP contribution in [0, 0.1) is 0 Å². The van der Waals surface area contributed by atoms with Gasteiger partial charge in [-0.15, -0.1) is 0 Å². The van der Waals surface area contributed by atoms with E-state index in [0.717, 1.165) is 0 Å². The van der Waals surface area contributed by atoms with E-state index < -0.39 is 5.97 Å². The number of hydrogen-bond donors (Lipinski definition) is 2. The van der Waals surface area contributed by atoms with Crippen LogP contribution in [0.2, 0.25) is 0 Å². The number of ether oxygens (including phenoxy) is 1. The van der Waals surface area contributed by atoms with Crippen LogP contribution in [0.5, 0.6) is 0 Å². The van der Waals surface area contributed by atoms with E-state index in [4.69, 9.17) is 9.84 Å². The molecule has 0 aliphatic rings. The third kappa shape index (κ3) is 3.55. The molecule has 0 saturated carbocycles. The molecule has 2 aromatic rings. The summed E-state index contributed by atoms with van der Waals surface area (Å²) in [4.78, 5) is 15.2. The number of anilines is 2. The smallest absolute Gasteiger partial charge is 0.339 e. The number of rotatable bonds is 6. The van der Waals surface area contributed by atoms with E-state index in [1.54, 1.807) is 24.2 Å². The minimum absolute atomic E-state index is 0.0871. The molecule has 20 heavy (non-hydrogen) atoms. The second-order valence-corrected chi connectivity index (χ2v) is 4.88. The van der Waals surface area contributed by atoms with Gasteiger partial charge in [0.2, 0.25) is 0 Å². The monoisotopic (exact) mass is 340 g/mol. The van der Waals surface area contributed by atoms with Gasteiger partial charge in [-0.1, -0.05) is 0 Å². The van der Waals surface area contributed by atoms with E-state index in [1.165, 1.54) is 12.3 Å². The summed E-state index contributed by atoms with van der Waals surface area (Å²) >= 11 is 3.20. The molecule has 106 valence electrons. The summed E-state index contributed by atoms with van der Waals surface area (Å²) in [5, 5.41) is 16.2. The Hall–Kier alpha value is -1.93. The van der Waals surface area contributed by atoms with E-state index >= 15 is 0 Å². The Morgan fingerprint density at radius 2 is 2.35 bits per heavy atom. The van der Waals surface area contributed by atoms with Crippen LogP contribution in [0.25, 0.3) is 0 Å². The van der Waals surface area contributed by atoms with Crippen LogP contribution in [0.4, 0.5) is 11.5 Å². The highest BCUT2D eigenvalue weighted by Crippen LogP contribution is 2.21. The summed E-state index contributed by atoms with van der Waals surface area (Å²) in [6, 6.07) is 1.49. The number of halogens is 1. The molecule has 0 amide bonds. The van der Waals surface area contributed by atoms with E-state index in [2.05, 4.69) is 31.3 Å². The number of hydrogen-bond acceptors (Lipinski definition) is 5. The number of carbonyl (C=O) groups is 1. The number of nitrogens with zero attached hydrogens (tertiary/aromatic N) is 3. The van der Waals surface area contributed by atoms with Gasteiger partial charge in [0.15, 0.2) is 0 Å². The number of carboxylic acids is 1. The summed E-state index contributed by atoms with van der Waals surface area (Å²) in [6.07, 6.45) is 4.89. The quantitative estimate of drug-likeness (QED) is 0.837. The Morgan fingerprint density at radius 1 is 1.55 bits per heavy atom. The van der Waals surface area contributed by atoms with Crippen molar-refractivity contribution in [3.05, 3.63) is 34.7 Å². The first-order chi connectivity index (χ1) is 9.60. The van der Waals surface area contributed by atoms with Crippen molar-refractivity contribution in [3.63, 3.8) is 0 Å². The lowest BCUT2D eigenvalue weighted by Crippen LogP contribution is -2.05. The van der Waals surface area contributed by atoms with Crippen LogP contribution >= 0.6 is 15.9 Å². The second-order valence-electron chi connectivity index (χ2n) is 3.96. The molecule has 2 rings (SSSR count). The molecule has 7 nitrogen and oxygen atoms in total. The molecule has 2 aromatic heterocycles. The van der Waals surface area contributed by atoms with Crippen molar-refractivity contribution in [2.45, 2.75) is 6.54 Å². The molecular weight excluding hydrogens is 328 g/mol. The highest BCUT2D eigenvalue weighted by molar-refractivity contribution is 9.10. The normalized spacial score (nSPS) is 10.5. The van der Waals surface area contributed by atoms with E-state index in [-0.39, 0.29) is 11.4 Å². The molecule has 0 unspecified atom stereocenters. The third-order valence-corrected chi connectivity index (χ3v) is 2.94. The van der Waals surface area contributed by atoms with Crippen molar-refractivity contribution in [1.82, 2.24) is 14.8 Å². The summed E-state index contributed by atoms with van der Waals surface area (Å²) in [5.74, 6) is -0.778. The van der Waals surface area contributed by atoms with Crippen LogP contribution in [-0.2, 0) is 11.3 Å². The Bertz CT molecular complexity index is 614. The summed E-state index contributed by atoms with van der Waals surface area (Å²) in [6.45, 7) is 1.18. The standard InChI is InChI=1S/C12H13BrN4O3/c1-20-3-2-17-7-9(6-15-17)16-11-10(12(18)19)4-8(13)5-14-11/h4-7H,2-3H2,1H3,(H,14,16)(H,18,19). The first kappa shape index (κ1) is 14.5. The summed E-state index contributed by atoms with van der Waals surface area (Å²) in [7, 11) is 1.62. The molecule has 0 spiro atoms. The first-order valence-electron chi connectivity index (χ1n) is 5.77. The van der Waals surface area contributed by atoms with Crippen LogP contribution in [0.3, 0.4) is 0 Å². The molecule has 0 bridgehead atoms. The zero-order chi connectivity index (χ0) is 14.5. The van der Waals surface area contributed by atoms with Gasteiger partial charge < -0.3 is 15.2 Å². The lowest BCUT2D eigenvalue weighted by atomic mass is 10.2. The minimum atomic E-state index is -1.05. The molecule has 0 saturated heterocycles. The Balaban J connectivity index is 2.17. The third-order valence-electron chi connectivity index (χ3n) is 2.51.